The Morgan fingerprint density at radius 2 is 1.81 bits per heavy atom. The van der Waals surface area contributed by atoms with E-state index in [0.717, 1.165) is 22.2 Å². The summed E-state index contributed by atoms with van der Waals surface area (Å²) in [5.74, 6) is 1.20. The van der Waals surface area contributed by atoms with E-state index in [1.807, 2.05) is 80.6 Å². The molecule has 0 fully saturated rings. The normalized spacial score (nSPS) is 11.0. The van der Waals surface area contributed by atoms with E-state index in [1.165, 1.54) is 0 Å². The molecule has 0 saturated carbocycles. The Hall–Kier alpha value is -4.57. The molecule has 0 atom stereocenters. The minimum atomic E-state index is -0.00805. The van der Waals surface area contributed by atoms with Crippen molar-refractivity contribution >= 4 is 28.5 Å². The zero-order valence-corrected chi connectivity index (χ0v) is 20.6. The average molecular weight is 481 g/mol. The molecule has 0 amide bonds. The fourth-order valence-corrected chi connectivity index (χ4v) is 3.67. The lowest BCUT2D eigenvalue weighted by atomic mass is 10.1. The van der Waals surface area contributed by atoms with Crippen molar-refractivity contribution in [2.75, 3.05) is 12.4 Å². The predicted molar refractivity (Wildman–Crippen MR) is 142 cm³/mol. The van der Waals surface area contributed by atoms with Crippen LogP contribution in [0.2, 0.25) is 0 Å². The Labute approximate surface area is 210 Å². The number of methoxy groups -OCH3 is 1. The van der Waals surface area contributed by atoms with Crippen LogP contribution in [0.1, 0.15) is 30.5 Å². The lowest BCUT2D eigenvalue weighted by Gasteiger charge is -2.17. The first-order valence-electron chi connectivity index (χ1n) is 11.7. The first-order chi connectivity index (χ1) is 17.6. The highest BCUT2D eigenvalue weighted by atomic mass is 16.6. The Kier molecular flexibility index (Phi) is 7.99. The molecule has 4 aromatic rings. The third kappa shape index (κ3) is 6.10. The number of rotatable bonds is 10. The number of pyridine rings is 1. The summed E-state index contributed by atoms with van der Waals surface area (Å²) in [6.07, 6.45) is 3.95. The molecule has 0 bridgehead atoms. The van der Waals surface area contributed by atoms with Crippen LogP contribution in [0.25, 0.3) is 10.9 Å². The molecule has 1 N–H and O–H groups in total. The summed E-state index contributed by atoms with van der Waals surface area (Å²) >= 11 is 0. The fraction of sp³-hybridized carbons (Fsp3) is 0.207. The molecule has 0 aliphatic rings. The largest absolute Gasteiger partial charge is 0.493 e. The number of oxime groups is 1. The van der Waals surface area contributed by atoms with Crippen LogP contribution in [-0.4, -0.2) is 24.4 Å². The van der Waals surface area contributed by atoms with Gasteiger partial charge in [-0.2, -0.15) is 5.26 Å². The van der Waals surface area contributed by atoms with Crippen molar-refractivity contribution in [3.8, 4) is 17.6 Å². The van der Waals surface area contributed by atoms with Crippen LogP contribution in [0.4, 0.5) is 11.4 Å². The summed E-state index contributed by atoms with van der Waals surface area (Å²) in [5, 5.41) is 17.9. The molecule has 0 aliphatic carbocycles. The molecule has 0 radical (unpaired) electrons. The molecule has 182 valence electrons. The molecule has 7 nitrogen and oxygen atoms in total. The van der Waals surface area contributed by atoms with Crippen LogP contribution in [0.15, 0.2) is 78.1 Å². The van der Waals surface area contributed by atoms with E-state index in [2.05, 4.69) is 21.5 Å². The first-order valence-corrected chi connectivity index (χ1v) is 11.7. The third-order valence-electron chi connectivity index (χ3n) is 5.41. The Morgan fingerprint density at radius 1 is 1.03 bits per heavy atom. The molecule has 0 unspecified atom stereocenters. The zero-order chi connectivity index (χ0) is 25.3. The van der Waals surface area contributed by atoms with Crippen molar-refractivity contribution in [1.29, 1.82) is 5.26 Å². The maximum Gasteiger partial charge on any atom is 0.163 e. The van der Waals surface area contributed by atoms with Crippen LogP contribution in [-0.2, 0) is 17.9 Å². The molecular formula is C29H28N4O3. The smallest absolute Gasteiger partial charge is 0.163 e. The van der Waals surface area contributed by atoms with Crippen molar-refractivity contribution in [3.63, 3.8) is 0 Å². The molecule has 3 aromatic carbocycles. The highest BCUT2D eigenvalue weighted by molar-refractivity contribution is 5.97. The first kappa shape index (κ1) is 24.6. The third-order valence-corrected chi connectivity index (χ3v) is 5.41. The van der Waals surface area contributed by atoms with Gasteiger partial charge >= 0.3 is 0 Å². The minimum absolute atomic E-state index is 0.00805. The van der Waals surface area contributed by atoms with Gasteiger partial charge < -0.3 is 19.6 Å². The Morgan fingerprint density at radius 3 is 2.50 bits per heavy atom. The van der Waals surface area contributed by atoms with Gasteiger partial charge in [-0.1, -0.05) is 47.6 Å². The van der Waals surface area contributed by atoms with E-state index in [9.17, 15) is 5.26 Å². The molecule has 0 spiro atoms. The summed E-state index contributed by atoms with van der Waals surface area (Å²) in [4.78, 5) is 9.82. The molecule has 1 aromatic heterocycles. The summed E-state index contributed by atoms with van der Waals surface area (Å²) in [7, 11) is 1.60. The zero-order valence-electron chi connectivity index (χ0n) is 20.6. The number of nitrogens with one attached hydrogen (secondary N) is 1. The van der Waals surface area contributed by atoms with Crippen molar-refractivity contribution in [1.82, 2.24) is 4.98 Å². The number of aromatic nitrogens is 1. The van der Waals surface area contributed by atoms with E-state index >= 15 is 0 Å². The highest BCUT2D eigenvalue weighted by Crippen LogP contribution is 2.37. The van der Waals surface area contributed by atoms with Crippen molar-refractivity contribution in [2.45, 2.75) is 33.0 Å². The van der Waals surface area contributed by atoms with E-state index < -0.39 is 0 Å². The number of hydrogen-bond acceptors (Lipinski definition) is 7. The monoisotopic (exact) mass is 480 g/mol. The van der Waals surface area contributed by atoms with Gasteiger partial charge in [0.25, 0.3) is 0 Å². The average Bonchev–Trinajstić information content (AvgIpc) is 2.89. The molecular weight excluding hydrogens is 452 g/mol. The minimum Gasteiger partial charge on any atom is -0.493 e. The number of fused-ring (bicyclic) bond motifs is 1. The van der Waals surface area contributed by atoms with E-state index in [0.29, 0.717) is 41.3 Å². The highest BCUT2D eigenvalue weighted by Gasteiger charge is 2.15. The number of ether oxygens (including phenoxy) is 2. The fourth-order valence-electron chi connectivity index (χ4n) is 3.67. The number of nitriles is 1. The molecule has 7 heteroatoms. The van der Waals surface area contributed by atoms with Crippen LogP contribution in [0.5, 0.6) is 11.5 Å². The second-order valence-corrected chi connectivity index (χ2v) is 8.42. The van der Waals surface area contributed by atoms with Gasteiger partial charge in [0, 0.05) is 36.0 Å². The van der Waals surface area contributed by atoms with Gasteiger partial charge in [-0.25, -0.2) is 0 Å². The molecule has 36 heavy (non-hydrogen) atoms. The lowest BCUT2D eigenvalue weighted by molar-refractivity contribution is 0.131. The van der Waals surface area contributed by atoms with Gasteiger partial charge in [0.1, 0.15) is 12.7 Å². The number of nitrogens with zero attached hydrogens (tertiary/aromatic N) is 3. The topological polar surface area (TPSA) is 88.8 Å². The number of hydrogen-bond donors (Lipinski definition) is 1. The Balaban J connectivity index is 1.48. The maximum absolute atomic E-state index is 9.70. The molecule has 0 aliphatic heterocycles. The van der Waals surface area contributed by atoms with E-state index in [4.69, 9.17) is 14.3 Å². The van der Waals surface area contributed by atoms with Gasteiger partial charge in [0.05, 0.1) is 30.0 Å². The standard InChI is InChI=1S/C29H28N4O3/c1-20(2)36-28-16-26-25(15-27(28)34-3)29(23(17-30)18-31-26)33-24-11-9-21(10-12-24)13-14-32-35-19-22-7-5-4-6-8-22/h4-12,14-16,18,20H,13,19H2,1-3H3,(H,31,33). The van der Waals surface area contributed by atoms with Gasteiger partial charge in [-0.3, -0.25) is 4.98 Å². The quantitative estimate of drug-likeness (QED) is 0.209. The van der Waals surface area contributed by atoms with Gasteiger partial charge in [0.15, 0.2) is 11.5 Å². The van der Waals surface area contributed by atoms with Gasteiger partial charge in [0.2, 0.25) is 0 Å². The van der Waals surface area contributed by atoms with Crippen molar-refractivity contribution in [2.24, 2.45) is 5.16 Å². The van der Waals surface area contributed by atoms with Gasteiger partial charge in [-0.15, -0.1) is 0 Å². The van der Waals surface area contributed by atoms with Gasteiger partial charge in [-0.05, 0) is 43.2 Å². The predicted octanol–water partition coefficient (Wildman–Crippen LogP) is 6.39. The maximum atomic E-state index is 9.70. The SMILES string of the molecule is COc1cc2c(Nc3ccc(CC=NOCc4ccccc4)cc3)c(C#N)cnc2cc1OC(C)C. The number of anilines is 2. The molecule has 4 rings (SSSR count). The van der Waals surface area contributed by atoms with E-state index in [1.54, 1.807) is 19.5 Å². The summed E-state index contributed by atoms with van der Waals surface area (Å²) in [5.41, 5.74) is 4.82. The Bertz CT molecular complexity index is 1380. The molecule has 0 saturated heterocycles. The summed E-state index contributed by atoms with van der Waals surface area (Å²) < 4.78 is 11.4. The van der Waals surface area contributed by atoms with Crippen LogP contribution < -0.4 is 14.8 Å². The van der Waals surface area contributed by atoms with E-state index in [-0.39, 0.29) is 6.10 Å². The van der Waals surface area contributed by atoms with Crippen molar-refractivity contribution < 1.29 is 14.3 Å². The van der Waals surface area contributed by atoms with Crippen LogP contribution >= 0.6 is 0 Å². The molecule has 1 heterocycles. The van der Waals surface area contributed by atoms with Crippen LogP contribution in [0.3, 0.4) is 0 Å². The van der Waals surface area contributed by atoms with Crippen molar-refractivity contribution in [3.05, 3.63) is 89.6 Å². The summed E-state index contributed by atoms with van der Waals surface area (Å²) in [6, 6.07) is 23.8. The second-order valence-electron chi connectivity index (χ2n) is 8.42. The van der Waals surface area contributed by atoms with Crippen LogP contribution in [0, 0.1) is 11.3 Å². The number of benzene rings is 3. The summed E-state index contributed by atoms with van der Waals surface area (Å²) in [6.45, 7) is 4.35. The lowest BCUT2D eigenvalue weighted by Crippen LogP contribution is -2.07. The second kappa shape index (κ2) is 11.7.